The summed E-state index contributed by atoms with van der Waals surface area (Å²) in [4.78, 5) is 37.3. The zero-order valence-corrected chi connectivity index (χ0v) is 17.5. The van der Waals surface area contributed by atoms with E-state index < -0.39 is 52.4 Å². The van der Waals surface area contributed by atoms with Gasteiger partial charge in [-0.1, -0.05) is 0 Å². The predicted molar refractivity (Wildman–Crippen MR) is 103 cm³/mol. The quantitative estimate of drug-likeness (QED) is 0.650. The number of thioether (sulfide) groups is 1. The van der Waals surface area contributed by atoms with Crippen LogP contribution in [0.2, 0.25) is 0 Å². The summed E-state index contributed by atoms with van der Waals surface area (Å²) in [6.45, 7) is 5.08. The molecule has 1 aliphatic heterocycles. The number of carboxylic acid groups (broad SMARTS) is 1. The first-order valence-corrected chi connectivity index (χ1v) is 10.2. The number of aliphatic carboxylic acids is 1. The molecule has 2 rings (SSSR count). The molecule has 1 aliphatic rings. The van der Waals surface area contributed by atoms with E-state index in [-0.39, 0.29) is 24.9 Å². The first-order valence-electron chi connectivity index (χ1n) is 9.14. The van der Waals surface area contributed by atoms with E-state index in [4.69, 9.17) is 4.74 Å². The first-order chi connectivity index (χ1) is 13.9. The van der Waals surface area contributed by atoms with Crippen molar-refractivity contribution in [1.82, 2.24) is 10.2 Å². The number of carboxylic acids is 1. The zero-order chi connectivity index (χ0) is 22.6. The minimum absolute atomic E-state index is 0.208. The number of nitrogens with one attached hydrogen (secondary N) is 1. The number of alkyl carbamates (subject to hydrolysis) is 1. The molecule has 0 spiro atoms. The molecule has 11 heteroatoms. The number of ether oxygens (including phenoxy) is 1. The van der Waals surface area contributed by atoms with Gasteiger partial charge in [-0.15, -0.1) is 11.8 Å². The summed E-state index contributed by atoms with van der Waals surface area (Å²) in [7, 11) is 0. The summed E-state index contributed by atoms with van der Waals surface area (Å²) in [6.07, 6.45) is -1.58. The van der Waals surface area contributed by atoms with Gasteiger partial charge in [0.25, 0.3) is 0 Å². The maximum absolute atomic E-state index is 14.1. The molecular formula is C19H23F3N2O5S. The summed E-state index contributed by atoms with van der Waals surface area (Å²) < 4.78 is 46.0. The standard InChI is InChI=1S/C19H23F3N2O5S/c1-19(2,3)29-18(28)23-11(6-10-7-13(21)14(22)9-12(10)20)8-15(25)24-4-5-30-16(24)17(26)27/h7,9,11,16H,4-6,8H2,1-3H3,(H,23,28)(H,26,27)/t11-,16?/m1/s1. The van der Waals surface area contributed by atoms with Crippen LogP contribution in [0.1, 0.15) is 32.8 Å². The van der Waals surface area contributed by atoms with Crippen molar-refractivity contribution < 1.29 is 37.4 Å². The van der Waals surface area contributed by atoms with E-state index >= 15 is 0 Å². The van der Waals surface area contributed by atoms with Crippen molar-refractivity contribution in [1.29, 1.82) is 0 Å². The Bertz CT molecular complexity index is 831. The highest BCUT2D eigenvalue weighted by atomic mass is 32.2. The number of amides is 2. The zero-order valence-electron chi connectivity index (χ0n) is 16.7. The number of halogens is 3. The first kappa shape index (κ1) is 23.8. The molecule has 0 aliphatic carbocycles. The molecule has 1 fully saturated rings. The van der Waals surface area contributed by atoms with Gasteiger partial charge in [-0.2, -0.15) is 0 Å². The Labute approximate surface area is 175 Å². The molecule has 0 saturated carbocycles. The number of benzene rings is 1. The maximum Gasteiger partial charge on any atom is 0.407 e. The van der Waals surface area contributed by atoms with Crippen molar-refractivity contribution in [2.45, 2.75) is 50.6 Å². The molecule has 7 nitrogen and oxygen atoms in total. The minimum Gasteiger partial charge on any atom is -0.479 e. The van der Waals surface area contributed by atoms with Gasteiger partial charge in [-0.05, 0) is 38.8 Å². The van der Waals surface area contributed by atoms with Gasteiger partial charge >= 0.3 is 12.1 Å². The average Bonchev–Trinajstić information content (AvgIpc) is 3.08. The molecule has 2 amide bonds. The van der Waals surface area contributed by atoms with E-state index in [1.165, 1.54) is 0 Å². The highest BCUT2D eigenvalue weighted by Gasteiger charge is 2.36. The van der Waals surface area contributed by atoms with E-state index in [1.54, 1.807) is 20.8 Å². The van der Waals surface area contributed by atoms with Gasteiger partial charge in [0.05, 0.1) is 0 Å². The maximum atomic E-state index is 14.1. The molecule has 30 heavy (non-hydrogen) atoms. The normalized spacial score (nSPS) is 17.5. The Morgan fingerprint density at radius 2 is 1.87 bits per heavy atom. The number of rotatable bonds is 6. The SMILES string of the molecule is CC(C)(C)OC(=O)N[C@@H](CC(=O)N1CCSC1C(=O)O)Cc1cc(F)c(F)cc1F. The van der Waals surface area contributed by atoms with Crippen LogP contribution < -0.4 is 5.32 Å². The molecule has 2 atom stereocenters. The topological polar surface area (TPSA) is 95.9 Å². The molecule has 1 unspecified atom stereocenters. The van der Waals surface area contributed by atoms with E-state index in [0.717, 1.165) is 16.7 Å². The fraction of sp³-hybridized carbons (Fsp3) is 0.526. The van der Waals surface area contributed by atoms with Crippen molar-refractivity contribution in [3.8, 4) is 0 Å². The summed E-state index contributed by atoms with van der Waals surface area (Å²) in [6, 6.07) is 0.00553. The van der Waals surface area contributed by atoms with Crippen LogP contribution >= 0.6 is 11.8 Å². The second kappa shape index (κ2) is 9.59. The number of carbonyl (C=O) groups excluding carboxylic acids is 2. The van der Waals surface area contributed by atoms with Crippen LogP contribution in [0.15, 0.2) is 12.1 Å². The van der Waals surface area contributed by atoms with Gasteiger partial charge in [0.1, 0.15) is 11.4 Å². The number of hydrogen-bond acceptors (Lipinski definition) is 5. The monoisotopic (exact) mass is 448 g/mol. The fourth-order valence-electron chi connectivity index (χ4n) is 2.89. The van der Waals surface area contributed by atoms with Crippen LogP contribution in [0.25, 0.3) is 0 Å². The van der Waals surface area contributed by atoms with Crippen molar-refractivity contribution in [3.63, 3.8) is 0 Å². The smallest absolute Gasteiger partial charge is 0.407 e. The number of nitrogens with zero attached hydrogens (tertiary/aromatic N) is 1. The summed E-state index contributed by atoms with van der Waals surface area (Å²) in [5, 5.41) is 10.6. The van der Waals surface area contributed by atoms with E-state index in [0.29, 0.717) is 17.9 Å². The Hall–Kier alpha value is -2.43. The Kier molecular flexibility index (Phi) is 7.62. The van der Waals surface area contributed by atoms with Crippen molar-refractivity contribution in [2.75, 3.05) is 12.3 Å². The second-order valence-electron chi connectivity index (χ2n) is 7.76. The van der Waals surface area contributed by atoms with Gasteiger partial charge in [0.2, 0.25) is 5.91 Å². The largest absolute Gasteiger partial charge is 0.479 e. The lowest BCUT2D eigenvalue weighted by atomic mass is 10.0. The Balaban J connectivity index is 2.20. The molecular weight excluding hydrogens is 425 g/mol. The van der Waals surface area contributed by atoms with Crippen LogP contribution in [0.4, 0.5) is 18.0 Å². The molecule has 1 heterocycles. The van der Waals surface area contributed by atoms with Gasteiger partial charge in [-0.25, -0.2) is 22.8 Å². The van der Waals surface area contributed by atoms with Gasteiger partial charge in [0.15, 0.2) is 17.0 Å². The lowest BCUT2D eigenvalue weighted by Gasteiger charge is -2.26. The third-order valence-electron chi connectivity index (χ3n) is 4.12. The summed E-state index contributed by atoms with van der Waals surface area (Å²) >= 11 is 1.09. The third kappa shape index (κ3) is 6.54. The summed E-state index contributed by atoms with van der Waals surface area (Å²) in [5.41, 5.74) is -1.08. The van der Waals surface area contributed by atoms with Crippen LogP contribution in [0, 0.1) is 17.5 Å². The molecule has 1 saturated heterocycles. The van der Waals surface area contributed by atoms with Crippen LogP contribution in [-0.2, 0) is 20.7 Å². The van der Waals surface area contributed by atoms with Crippen LogP contribution in [0.3, 0.4) is 0 Å². The lowest BCUT2D eigenvalue weighted by Crippen LogP contribution is -2.46. The third-order valence-corrected chi connectivity index (χ3v) is 5.31. The lowest BCUT2D eigenvalue weighted by molar-refractivity contribution is -0.145. The second-order valence-corrected chi connectivity index (χ2v) is 8.95. The van der Waals surface area contributed by atoms with Gasteiger partial charge < -0.3 is 20.1 Å². The highest BCUT2D eigenvalue weighted by molar-refractivity contribution is 8.00. The number of hydrogen-bond donors (Lipinski definition) is 2. The molecule has 166 valence electrons. The van der Waals surface area contributed by atoms with Crippen LogP contribution in [-0.4, -0.2) is 57.3 Å². The van der Waals surface area contributed by atoms with E-state index in [9.17, 15) is 32.7 Å². The van der Waals surface area contributed by atoms with Gasteiger partial charge in [0, 0.05) is 30.8 Å². The molecule has 0 aromatic heterocycles. The van der Waals surface area contributed by atoms with Crippen molar-refractivity contribution in [2.24, 2.45) is 0 Å². The van der Waals surface area contributed by atoms with Crippen molar-refractivity contribution in [3.05, 3.63) is 35.1 Å². The molecule has 2 N–H and O–H groups in total. The van der Waals surface area contributed by atoms with E-state index in [1.807, 2.05) is 0 Å². The van der Waals surface area contributed by atoms with Crippen LogP contribution in [0.5, 0.6) is 0 Å². The Morgan fingerprint density at radius 1 is 1.23 bits per heavy atom. The van der Waals surface area contributed by atoms with Gasteiger partial charge in [-0.3, -0.25) is 4.79 Å². The minimum atomic E-state index is -1.36. The summed E-state index contributed by atoms with van der Waals surface area (Å²) in [5.74, 6) is -4.97. The number of carbonyl (C=O) groups is 3. The Morgan fingerprint density at radius 3 is 2.47 bits per heavy atom. The van der Waals surface area contributed by atoms with E-state index in [2.05, 4.69) is 5.32 Å². The molecule has 0 radical (unpaired) electrons. The highest BCUT2D eigenvalue weighted by Crippen LogP contribution is 2.25. The predicted octanol–water partition coefficient (Wildman–Crippen LogP) is 2.92. The molecule has 1 aromatic rings. The average molecular weight is 448 g/mol. The fourth-order valence-corrected chi connectivity index (χ4v) is 3.96. The molecule has 0 bridgehead atoms. The van der Waals surface area contributed by atoms with Crippen molar-refractivity contribution >= 4 is 29.7 Å². The molecule has 1 aromatic carbocycles.